The number of hydrogen-bond acceptors (Lipinski definition) is 2. The summed E-state index contributed by atoms with van der Waals surface area (Å²) in [6, 6.07) is 5.81. The Bertz CT molecular complexity index is 419. The molecule has 0 aliphatic heterocycles. The molecule has 1 aliphatic rings. The van der Waals surface area contributed by atoms with Gasteiger partial charge in [0.2, 0.25) is 0 Å². The summed E-state index contributed by atoms with van der Waals surface area (Å²) < 4.78 is 15.8. The van der Waals surface area contributed by atoms with Crippen LogP contribution in [0.1, 0.15) is 20.3 Å². The average molecular weight is 258 g/mol. The second kappa shape index (κ2) is 3.65. The van der Waals surface area contributed by atoms with Crippen molar-refractivity contribution in [2.45, 2.75) is 24.8 Å². The molecule has 1 aromatic carbocycles. The Kier molecular flexibility index (Phi) is 2.04. The van der Waals surface area contributed by atoms with Crippen molar-refractivity contribution >= 4 is 15.9 Å². The fourth-order valence-corrected chi connectivity index (χ4v) is 2.53. The van der Waals surface area contributed by atoms with Gasteiger partial charge in [-0.25, -0.2) is 0 Å². The van der Waals surface area contributed by atoms with Gasteiger partial charge >= 0.3 is 0 Å². The monoisotopic (exact) mass is 257 g/mol. The van der Waals surface area contributed by atoms with Crippen molar-refractivity contribution in [3.8, 4) is 0 Å². The lowest BCUT2D eigenvalue weighted by atomic mass is 9.79. The second-order valence-electron chi connectivity index (χ2n) is 3.82. The Morgan fingerprint density at radius 3 is 3.14 bits per heavy atom. The maximum absolute atomic E-state index is 9.49. The Balaban J connectivity index is 2.38. The molecule has 1 aliphatic carbocycles. The van der Waals surface area contributed by atoms with Gasteiger partial charge in [-0.2, -0.15) is 0 Å². The van der Waals surface area contributed by atoms with E-state index in [1.54, 1.807) is 0 Å². The second-order valence-corrected chi connectivity index (χ2v) is 4.68. The van der Waals surface area contributed by atoms with Crippen LogP contribution in [0.5, 0.6) is 0 Å². The predicted molar refractivity (Wildman–Crippen MR) is 60.2 cm³/mol. The number of hydrogen-bond donors (Lipinski definition) is 2. The molecule has 0 heterocycles. The maximum atomic E-state index is 9.49. The van der Waals surface area contributed by atoms with Crippen molar-refractivity contribution < 1.29 is 7.85 Å². The smallest absolute Gasteiger partial charge is 0.0614 e. The molecule has 0 spiro atoms. The van der Waals surface area contributed by atoms with Crippen LogP contribution < -0.4 is 5.73 Å². The minimum absolute atomic E-state index is 0.366. The molecule has 1 aromatic rings. The highest BCUT2D eigenvalue weighted by atomic mass is 79.9. The van der Waals surface area contributed by atoms with E-state index in [1.165, 1.54) is 5.56 Å². The predicted octanol–water partition coefficient (Wildman–Crippen LogP) is 1.63. The summed E-state index contributed by atoms with van der Waals surface area (Å²) in [5, 5.41) is 9.49. The molecule has 2 nitrogen and oxygen atoms in total. The van der Waals surface area contributed by atoms with Gasteiger partial charge in [-0.3, -0.25) is 0 Å². The summed E-state index contributed by atoms with van der Waals surface area (Å²) in [6.45, 7) is -2.34. The molecule has 0 radical (unpaired) electrons. The van der Waals surface area contributed by atoms with Gasteiger partial charge in [0, 0.05) is 10.0 Å². The minimum atomic E-state index is -2.34. The molecule has 0 fully saturated rings. The summed E-state index contributed by atoms with van der Waals surface area (Å²) in [5.41, 5.74) is 6.97. The van der Waals surface area contributed by atoms with E-state index in [9.17, 15) is 5.11 Å². The molecular formula is C11H14BrNO. The maximum Gasteiger partial charge on any atom is 0.0614 e. The van der Waals surface area contributed by atoms with Crippen molar-refractivity contribution in [2.24, 2.45) is 5.73 Å². The summed E-state index contributed by atoms with van der Waals surface area (Å²) in [5.74, 6) is 0. The van der Waals surface area contributed by atoms with Crippen molar-refractivity contribution in [1.82, 2.24) is 0 Å². The third-order valence-corrected chi connectivity index (χ3v) is 3.51. The van der Waals surface area contributed by atoms with Crippen LogP contribution in [0.2, 0.25) is 0 Å². The molecule has 1 atom stereocenters. The molecule has 0 amide bonds. The minimum Gasteiger partial charge on any atom is -0.394 e. The highest BCUT2D eigenvalue weighted by Gasteiger charge is 2.30. The van der Waals surface area contributed by atoms with Gasteiger partial charge in [0.1, 0.15) is 0 Å². The summed E-state index contributed by atoms with van der Waals surface area (Å²) in [6.07, 6.45) is 1.50. The van der Waals surface area contributed by atoms with E-state index >= 15 is 0 Å². The Hall–Kier alpha value is -0.380. The zero-order chi connectivity index (χ0) is 12.0. The molecule has 14 heavy (non-hydrogen) atoms. The molecule has 1 unspecified atom stereocenters. The van der Waals surface area contributed by atoms with Crippen LogP contribution in [-0.2, 0) is 12.8 Å². The summed E-state index contributed by atoms with van der Waals surface area (Å²) >= 11 is 3.47. The number of halogens is 1. The first-order valence-electron chi connectivity index (χ1n) is 5.61. The number of aliphatic hydroxyl groups is 1. The molecule has 3 heteroatoms. The molecule has 0 saturated carbocycles. The van der Waals surface area contributed by atoms with Crippen LogP contribution in [0.3, 0.4) is 0 Å². The average Bonchev–Trinajstić information content (AvgIpc) is 2.16. The zero-order valence-corrected chi connectivity index (χ0v) is 9.34. The molecule has 2 rings (SSSR count). The lowest BCUT2D eigenvalue weighted by Gasteiger charge is -2.33. The first-order valence-corrected chi connectivity index (χ1v) is 5.40. The van der Waals surface area contributed by atoms with Crippen molar-refractivity contribution in [3.63, 3.8) is 0 Å². The fourth-order valence-electron chi connectivity index (χ4n) is 1.92. The Labute approximate surface area is 95.1 Å². The molecule has 0 bridgehead atoms. The van der Waals surface area contributed by atoms with Crippen molar-refractivity contribution in [2.75, 3.05) is 6.56 Å². The number of rotatable bonds is 1. The van der Waals surface area contributed by atoms with E-state index in [1.807, 2.05) is 18.2 Å². The van der Waals surface area contributed by atoms with Crippen LogP contribution >= 0.6 is 15.9 Å². The number of fused-ring (bicyclic) bond motifs is 1. The highest BCUT2D eigenvalue weighted by molar-refractivity contribution is 9.10. The molecule has 0 saturated heterocycles. The lowest BCUT2D eigenvalue weighted by Crippen LogP contribution is -2.48. The molecule has 0 aromatic heterocycles. The Morgan fingerprint density at radius 2 is 2.43 bits per heavy atom. The van der Waals surface area contributed by atoms with Crippen LogP contribution in [0.4, 0.5) is 0 Å². The van der Waals surface area contributed by atoms with Crippen LogP contribution in [0, 0.1) is 0 Å². The molecule has 3 N–H and O–H groups in total. The first kappa shape index (κ1) is 7.85. The third kappa shape index (κ3) is 1.72. The van der Waals surface area contributed by atoms with Gasteiger partial charge in [0.25, 0.3) is 0 Å². The van der Waals surface area contributed by atoms with E-state index in [4.69, 9.17) is 8.48 Å². The van der Waals surface area contributed by atoms with Gasteiger partial charge in [0.15, 0.2) is 0 Å². The van der Waals surface area contributed by atoms with Gasteiger partial charge < -0.3 is 10.8 Å². The zero-order valence-electron chi connectivity index (χ0n) is 9.76. The van der Waals surface area contributed by atoms with Crippen LogP contribution in [0.25, 0.3) is 0 Å². The van der Waals surface area contributed by atoms with Gasteiger partial charge in [0.05, 0.1) is 9.30 Å². The largest absolute Gasteiger partial charge is 0.394 e. The van der Waals surface area contributed by atoms with E-state index in [0.29, 0.717) is 19.3 Å². The summed E-state index contributed by atoms with van der Waals surface area (Å²) in [4.78, 5) is 0. The van der Waals surface area contributed by atoms with E-state index in [-0.39, 0.29) is 0 Å². The number of benzene rings is 1. The van der Waals surface area contributed by atoms with Crippen LogP contribution in [0.15, 0.2) is 22.7 Å². The topological polar surface area (TPSA) is 46.2 Å². The van der Waals surface area contributed by atoms with E-state index in [0.717, 1.165) is 10.0 Å². The lowest BCUT2D eigenvalue weighted by molar-refractivity contribution is 0.181. The van der Waals surface area contributed by atoms with Crippen molar-refractivity contribution in [3.05, 3.63) is 33.8 Å². The van der Waals surface area contributed by atoms with Gasteiger partial charge in [-0.1, -0.05) is 28.1 Å². The first-order chi connectivity index (χ1) is 7.33. The quantitative estimate of drug-likeness (QED) is 0.804. The fraction of sp³-hybridized carbons (Fsp3) is 0.455. The molecular weight excluding hydrogens is 242 g/mol. The SMILES string of the molecule is [2H]C([2H])(O)C1(N)CCc2c(Br)cccc2C1. The molecule has 76 valence electrons. The third-order valence-electron chi connectivity index (χ3n) is 2.77. The standard InChI is InChI=1S/C11H14BrNO/c12-10-3-1-2-8-6-11(13,7-14)5-4-9(8)10/h1-3,14H,4-7,13H2/i7D2. The van der Waals surface area contributed by atoms with E-state index < -0.39 is 12.1 Å². The van der Waals surface area contributed by atoms with Crippen molar-refractivity contribution in [1.29, 1.82) is 0 Å². The van der Waals surface area contributed by atoms with E-state index in [2.05, 4.69) is 15.9 Å². The number of nitrogens with two attached hydrogens (primary N) is 1. The van der Waals surface area contributed by atoms with Gasteiger partial charge in [-0.15, -0.1) is 0 Å². The Morgan fingerprint density at radius 1 is 1.64 bits per heavy atom. The normalized spacial score (nSPS) is 29.1. The highest BCUT2D eigenvalue weighted by Crippen LogP contribution is 2.31. The summed E-state index contributed by atoms with van der Waals surface area (Å²) in [7, 11) is 0. The van der Waals surface area contributed by atoms with Gasteiger partial charge in [-0.05, 0) is 36.5 Å². The van der Waals surface area contributed by atoms with Crippen LogP contribution in [-0.4, -0.2) is 17.2 Å².